The Hall–Kier alpha value is -0.970. The van der Waals surface area contributed by atoms with E-state index >= 15 is 0 Å². The molecule has 0 aromatic heterocycles. The maximum Gasteiger partial charge on any atom is 0.223 e. The van der Waals surface area contributed by atoms with E-state index in [4.69, 9.17) is 22.1 Å². The van der Waals surface area contributed by atoms with E-state index in [9.17, 15) is 4.79 Å². The van der Waals surface area contributed by atoms with Crippen LogP contribution in [0.3, 0.4) is 0 Å². The van der Waals surface area contributed by atoms with Gasteiger partial charge in [-0.3, -0.25) is 4.79 Å². The number of hydrogen-bond donors (Lipinski definition) is 2. The second kappa shape index (κ2) is 9.11. The number of nitrogens with two attached hydrogens (primary N) is 1. The molecule has 3 N–H and O–H groups in total. The monoisotopic (exact) mass is 386 g/mol. The lowest BCUT2D eigenvalue weighted by Gasteiger charge is -2.43. The van der Waals surface area contributed by atoms with Gasteiger partial charge in [0, 0.05) is 23.5 Å². The van der Waals surface area contributed by atoms with E-state index in [1.807, 2.05) is 18.2 Å². The van der Waals surface area contributed by atoms with Crippen molar-refractivity contribution in [2.45, 2.75) is 44.6 Å². The Bertz CT molecular complexity index is 583. The van der Waals surface area contributed by atoms with Crippen molar-refractivity contribution in [2.24, 2.45) is 23.5 Å². The number of fused-ring (bicyclic) bond motifs is 2. The van der Waals surface area contributed by atoms with Crippen molar-refractivity contribution in [1.82, 2.24) is 5.32 Å². The van der Waals surface area contributed by atoms with Crippen molar-refractivity contribution in [3.63, 3.8) is 0 Å². The number of hydrogen-bond acceptors (Lipinski definition) is 3. The van der Waals surface area contributed by atoms with Crippen molar-refractivity contribution in [3.05, 3.63) is 28.8 Å². The Morgan fingerprint density at radius 2 is 2.00 bits per heavy atom. The quantitative estimate of drug-likeness (QED) is 0.812. The second-order valence-electron chi connectivity index (χ2n) is 7.20. The minimum Gasteiger partial charge on any atom is -0.497 e. The largest absolute Gasteiger partial charge is 0.497 e. The highest BCUT2D eigenvalue weighted by Gasteiger charge is 2.40. The van der Waals surface area contributed by atoms with Gasteiger partial charge in [0.25, 0.3) is 0 Å². The molecule has 140 valence electrons. The molecule has 2 fully saturated rings. The standard InChI is InChI=1S/C19H27ClN2O2.ClH/c1-24-16-6-5-12(17(20)11-16)7-8-22-19(23)15-9-13-3-2-4-14(10-15)18(13)21;/h5-6,11,13-15,18H,2-4,7-10,21H2,1H3,(H,22,23);1H. The molecule has 2 saturated carbocycles. The van der Waals surface area contributed by atoms with Crippen LogP contribution in [0.5, 0.6) is 5.75 Å². The van der Waals surface area contributed by atoms with E-state index in [-0.39, 0.29) is 24.2 Å². The lowest BCUT2D eigenvalue weighted by Crippen LogP contribution is -2.49. The molecule has 0 aliphatic heterocycles. The average Bonchev–Trinajstić information content (AvgIpc) is 2.55. The van der Waals surface area contributed by atoms with Crippen LogP contribution in [0.1, 0.15) is 37.7 Å². The smallest absolute Gasteiger partial charge is 0.223 e. The van der Waals surface area contributed by atoms with Gasteiger partial charge in [-0.05, 0) is 61.6 Å². The van der Waals surface area contributed by atoms with Gasteiger partial charge in [-0.2, -0.15) is 0 Å². The summed E-state index contributed by atoms with van der Waals surface area (Å²) in [6.07, 6.45) is 6.27. The first-order valence-electron chi connectivity index (χ1n) is 8.94. The number of nitrogens with one attached hydrogen (secondary N) is 1. The van der Waals surface area contributed by atoms with E-state index in [2.05, 4.69) is 5.32 Å². The van der Waals surface area contributed by atoms with Crippen molar-refractivity contribution in [1.29, 1.82) is 0 Å². The summed E-state index contributed by atoms with van der Waals surface area (Å²) in [6.45, 7) is 0.614. The van der Waals surface area contributed by atoms with E-state index in [0.29, 0.717) is 29.4 Å². The summed E-state index contributed by atoms with van der Waals surface area (Å²) in [7, 11) is 1.62. The van der Waals surface area contributed by atoms with Gasteiger partial charge in [-0.15, -0.1) is 12.4 Å². The van der Waals surface area contributed by atoms with Crippen LogP contribution >= 0.6 is 24.0 Å². The van der Waals surface area contributed by atoms with Crippen molar-refractivity contribution >= 4 is 29.9 Å². The highest BCUT2D eigenvalue weighted by atomic mass is 35.5. The van der Waals surface area contributed by atoms with Gasteiger partial charge in [0.2, 0.25) is 5.91 Å². The van der Waals surface area contributed by atoms with Crippen LogP contribution in [0, 0.1) is 17.8 Å². The van der Waals surface area contributed by atoms with E-state index in [0.717, 1.165) is 30.6 Å². The molecule has 2 unspecified atom stereocenters. The fourth-order valence-electron chi connectivity index (χ4n) is 4.33. The molecule has 0 saturated heterocycles. The molecule has 1 aromatic carbocycles. The molecule has 2 aliphatic rings. The molecular weight excluding hydrogens is 359 g/mol. The molecular formula is C19H28Cl2N2O2. The minimum absolute atomic E-state index is 0. The fraction of sp³-hybridized carbons (Fsp3) is 0.632. The van der Waals surface area contributed by atoms with Crippen LogP contribution in [0.2, 0.25) is 5.02 Å². The molecule has 4 nitrogen and oxygen atoms in total. The highest BCUT2D eigenvalue weighted by molar-refractivity contribution is 6.31. The Kier molecular flexibility index (Phi) is 7.41. The molecule has 6 heteroatoms. The number of ether oxygens (including phenoxy) is 1. The van der Waals surface area contributed by atoms with Crippen LogP contribution in [-0.2, 0) is 11.2 Å². The van der Waals surface area contributed by atoms with Crippen LogP contribution < -0.4 is 15.8 Å². The molecule has 1 aromatic rings. The van der Waals surface area contributed by atoms with Crippen LogP contribution in [0.25, 0.3) is 0 Å². The zero-order valence-corrected chi connectivity index (χ0v) is 16.2. The summed E-state index contributed by atoms with van der Waals surface area (Å²) >= 11 is 6.25. The lowest BCUT2D eigenvalue weighted by molar-refractivity contribution is -0.127. The van der Waals surface area contributed by atoms with E-state index in [1.165, 1.54) is 19.3 Å². The third kappa shape index (κ3) is 4.81. The molecule has 25 heavy (non-hydrogen) atoms. The number of carbonyl (C=O) groups excluding carboxylic acids is 1. The van der Waals surface area contributed by atoms with Crippen LogP contribution in [0.4, 0.5) is 0 Å². The van der Waals surface area contributed by atoms with Gasteiger partial charge in [0.05, 0.1) is 7.11 Å². The third-order valence-electron chi connectivity index (χ3n) is 5.74. The van der Waals surface area contributed by atoms with Crippen LogP contribution in [-0.4, -0.2) is 25.6 Å². The average molecular weight is 387 g/mol. The first-order chi connectivity index (χ1) is 11.6. The summed E-state index contributed by atoms with van der Waals surface area (Å²) in [6, 6.07) is 5.97. The summed E-state index contributed by atoms with van der Waals surface area (Å²) < 4.78 is 5.15. The van der Waals surface area contributed by atoms with Gasteiger partial charge in [0.1, 0.15) is 5.75 Å². The summed E-state index contributed by atoms with van der Waals surface area (Å²) in [4.78, 5) is 12.5. The molecule has 1 amide bonds. The SMILES string of the molecule is COc1ccc(CCNC(=O)C2CC3CCCC(C2)C3N)c(Cl)c1.Cl. The van der Waals surface area contributed by atoms with Gasteiger partial charge in [-0.25, -0.2) is 0 Å². The number of carbonyl (C=O) groups is 1. The Morgan fingerprint density at radius 3 is 2.60 bits per heavy atom. The number of halogens is 2. The Balaban J connectivity index is 0.00000225. The first-order valence-corrected chi connectivity index (χ1v) is 9.32. The van der Waals surface area contributed by atoms with Gasteiger partial charge >= 0.3 is 0 Å². The minimum atomic E-state index is 0. The summed E-state index contributed by atoms with van der Waals surface area (Å²) in [5, 5.41) is 3.77. The number of benzene rings is 1. The predicted octanol–water partition coefficient (Wildman–Crippen LogP) is 3.58. The van der Waals surface area contributed by atoms with Crippen molar-refractivity contribution in [2.75, 3.05) is 13.7 Å². The predicted molar refractivity (Wildman–Crippen MR) is 103 cm³/mol. The number of methoxy groups -OCH3 is 1. The maximum atomic E-state index is 12.5. The van der Waals surface area contributed by atoms with E-state index in [1.54, 1.807) is 7.11 Å². The van der Waals surface area contributed by atoms with Crippen molar-refractivity contribution in [3.8, 4) is 5.75 Å². The Labute approximate surface area is 161 Å². The summed E-state index contributed by atoms with van der Waals surface area (Å²) in [5.74, 6) is 2.13. The topological polar surface area (TPSA) is 64.3 Å². The first kappa shape index (κ1) is 20.3. The Morgan fingerprint density at radius 1 is 1.32 bits per heavy atom. The molecule has 0 spiro atoms. The third-order valence-corrected chi connectivity index (χ3v) is 6.09. The van der Waals surface area contributed by atoms with Gasteiger partial charge in [-0.1, -0.05) is 24.1 Å². The van der Waals surface area contributed by atoms with Gasteiger partial charge in [0.15, 0.2) is 0 Å². The van der Waals surface area contributed by atoms with E-state index < -0.39 is 0 Å². The highest BCUT2D eigenvalue weighted by Crippen LogP contribution is 2.41. The van der Waals surface area contributed by atoms with Gasteiger partial charge < -0.3 is 15.8 Å². The molecule has 2 aliphatic carbocycles. The second-order valence-corrected chi connectivity index (χ2v) is 7.60. The lowest BCUT2D eigenvalue weighted by atomic mass is 9.65. The van der Waals surface area contributed by atoms with Crippen LogP contribution in [0.15, 0.2) is 18.2 Å². The molecule has 2 bridgehead atoms. The maximum absolute atomic E-state index is 12.5. The zero-order chi connectivity index (χ0) is 17.1. The normalized spacial score (nSPS) is 28.0. The molecule has 0 heterocycles. The fourth-order valence-corrected chi connectivity index (χ4v) is 4.59. The molecule has 2 atom stereocenters. The molecule has 0 radical (unpaired) electrons. The number of rotatable bonds is 5. The summed E-state index contributed by atoms with van der Waals surface area (Å²) in [5.41, 5.74) is 7.33. The zero-order valence-electron chi connectivity index (χ0n) is 14.7. The van der Waals surface area contributed by atoms with Crippen molar-refractivity contribution < 1.29 is 9.53 Å². The molecule has 3 rings (SSSR count). The number of amides is 1.